The maximum absolute atomic E-state index is 12.3. The first-order chi connectivity index (χ1) is 9.75. The monoisotopic (exact) mass is 314 g/mol. The van der Waals surface area contributed by atoms with Gasteiger partial charge in [0, 0.05) is 6.07 Å². The van der Waals surface area contributed by atoms with Gasteiger partial charge in [-0.15, -0.1) is 0 Å². The van der Waals surface area contributed by atoms with E-state index in [1.807, 2.05) is 0 Å². The number of nitrogen functional groups attached to an aromatic ring is 1. The van der Waals surface area contributed by atoms with Crippen molar-refractivity contribution in [2.24, 2.45) is 0 Å². The molecule has 21 heavy (non-hydrogen) atoms. The van der Waals surface area contributed by atoms with Crippen molar-refractivity contribution in [3.63, 3.8) is 0 Å². The van der Waals surface area contributed by atoms with Gasteiger partial charge in [-0.3, -0.25) is 4.79 Å². The highest BCUT2D eigenvalue weighted by molar-refractivity contribution is 6.33. The predicted octanol–water partition coefficient (Wildman–Crippen LogP) is 2.30. The third kappa shape index (κ3) is 3.78. The second kappa shape index (κ2) is 6.67. The van der Waals surface area contributed by atoms with Crippen LogP contribution in [0.3, 0.4) is 0 Å². The van der Waals surface area contributed by atoms with Crippen molar-refractivity contribution in [1.29, 1.82) is 0 Å². The number of amides is 1. The van der Waals surface area contributed by atoms with Gasteiger partial charge < -0.3 is 20.9 Å². The molecule has 1 rings (SSSR count). The molecule has 0 aromatic heterocycles. The number of halogens is 1. The Morgan fingerprint density at radius 3 is 2.52 bits per heavy atom. The molecule has 1 aromatic rings. The Hall–Kier alpha value is -1.95. The van der Waals surface area contributed by atoms with Crippen molar-refractivity contribution in [1.82, 2.24) is 5.32 Å². The first kappa shape index (κ1) is 17.1. The van der Waals surface area contributed by atoms with Crippen LogP contribution in [0.15, 0.2) is 12.1 Å². The van der Waals surface area contributed by atoms with Crippen molar-refractivity contribution >= 4 is 29.2 Å². The number of anilines is 1. The minimum atomic E-state index is -1.37. The Bertz CT molecular complexity index is 562. The van der Waals surface area contributed by atoms with E-state index in [2.05, 4.69) is 5.32 Å². The average molecular weight is 315 g/mol. The second-order valence-electron chi connectivity index (χ2n) is 4.75. The van der Waals surface area contributed by atoms with Gasteiger partial charge in [-0.1, -0.05) is 18.5 Å². The summed E-state index contributed by atoms with van der Waals surface area (Å²) in [5.74, 6) is -1.43. The number of nitrogens with two attached hydrogens (primary N) is 1. The van der Waals surface area contributed by atoms with Gasteiger partial charge in [0.2, 0.25) is 0 Å². The molecule has 4 N–H and O–H groups in total. The first-order valence-electron chi connectivity index (χ1n) is 6.52. The van der Waals surface area contributed by atoms with Gasteiger partial charge in [0.15, 0.2) is 0 Å². The Morgan fingerprint density at radius 2 is 2.05 bits per heavy atom. The normalized spacial score (nSPS) is 13.3. The summed E-state index contributed by atoms with van der Waals surface area (Å²) in [5.41, 5.74) is 4.75. The number of rotatable bonds is 6. The smallest absolute Gasteiger partial charge is 0.329 e. The van der Waals surface area contributed by atoms with E-state index in [-0.39, 0.29) is 28.4 Å². The lowest BCUT2D eigenvalue weighted by Gasteiger charge is -2.25. The van der Waals surface area contributed by atoms with Crippen LogP contribution in [-0.2, 0) is 4.79 Å². The molecule has 0 saturated carbocycles. The number of nitrogens with one attached hydrogen (secondary N) is 1. The van der Waals surface area contributed by atoms with Crippen molar-refractivity contribution in [3.8, 4) is 5.75 Å². The molecule has 7 heteroatoms. The molecule has 0 saturated heterocycles. The molecular formula is C14H19ClN2O4. The van der Waals surface area contributed by atoms with Crippen LogP contribution in [0.25, 0.3) is 0 Å². The summed E-state index contributed by atoms with van der Waals surface area (Å²) in [7, 11) is 0. The number of carboxylic acids is 1. The van der Waals surface area contributed by atoms with Crippen molar-refractivity contribution < 1.29 is 19.4 Å². The number of ether oxygens (including phenoxy) is 1. The second-order valence-corrected chi connectivity index (χ2v) is 5.16. The molecule has 0 unspecified atom stereocenters. The number of aliphatic carboxylic acids is 1. The van der Waals surface area contributed by atoms with E-state index in [0.29, 0.717) is 6.61 Å². The van der Waals surface area contributed by atoms with Crippen molar-refractivity contribution in [2.45, 2.75) is 32.7 Å². The maximum Gasteiger partial charge on any atom is 0.329 e. The molecule has 0 fully saturated rings. The molecule has 0 aliphatic carbocycles. The molecule has 0 aliphatic rings. The number of carboxylic acid groups (broad SMARTS) is 1. The Balaban J connectivity index is 3.17. The maximum atomic E-state index is 12.3. The zero-order valence-corrected chi connectivity index (χ0v) is 13.0. The predicted molar refractivity (Wildman–Crippen MR) is 80.8 cm³/mol. The van der Waals surface area contributed by atoms with Crippen molar-refractivity contribution in [2.75, 3.05) is 12.3 Å². The van der Waals surface area contributed by atoms with Crippen LogP contribution in [0.1, 0.15) is 37.6 Å². The molecule has 0 bridgehead atoms. The highest BCUT2D eigenvalue weighted by atomic mass is 35.5. The van der Waals surface area contributed by atoms with Gasteiger partial charge >= 0.3 is 5.97 Å². The Labute approximate surface area is 128 Å². The van der Waals surface area contributed by atoms with E-state index >= 15 is 0 Å². The van der Waals surface area contributed by atoms with Crippen LogP contribution in [0, 0.1) is 0 Å². The third-order valence-electron chi connectivity index (χ3n) is 3.21. The van der Waals surface area contributed by atoms with Gasteiger partial charge in [-0.2, -0.15) is 0 Å². The highest BCUT2D eigenvalue weighted by Gasteiger charge is 2.33. The molecular weight excluding hydrogens is 296 g/mol. The summed E-state index contributed by atoms with van der Waals surface area (Å²) in [6.07, 6.45) is 0.237. The molecule has 116 valence electrons. The molecule has 1 amide bonds. The highest BCUT2D eigenvalue weighted by Crippen LogP contribution is 2.29. The topological polar surface area (TPSA) is 102 Å². The molecule has 0 heterocycles. The fourth-order valence-corrected chi connectivity index (χ4v) is 1.80. The number of hydrogen-bond donors (Lipinski definition) is 3. The van der Waals surface area contributed by atoms with Crippen LogP contribution in [0.4, 0.5) is 5.69 Å². The number of hydrogen-bond acceptors (Lipinski definition) is 4. The van der Waals surface area contributed by atoms with Crippen LogP contribution >= 0.6 is 11.6 Å². The summed E-state index contributed by atoms with van der Waals surface area (Å²) in [6.45, 7) is 5.21. The molecule has 1 aromatic carbocycles. The summed E-state index contributed by atoms with van der Waals surface area (Å²) in [4.78, 5) is 23.6. The van der Waals surface area contributed by atoms with Crippen LogP contribution in [0.5, 0.6) is 5.75 Å². The van der Waals surface area contributed by atoms with Crippen LogP contribution < -0.4 is 15.8 Å². The lowest BCUT2D eigenvalue weighted by molar-refractivity contribution is -0.143. The average Bonchev–Trinajstić information content (AvgIpc) is 2.42. The van der Waals surface area contributed by atoms with E-state index in [9.17, 15) is 14.7 Å². The van der Waals surface area contributed by atoms with E-state index < -0.39 is 17.4 Å². The minimum Gasteiger partial charge on any atom is -0.493 e. The Morgan fingerprint density at radius 1 is 1.43 bits per heavy atom. The summed E-state index contributed by atoms with van der Waals surface area (Å²) >= 11 is 5.92. The minimum absolute atomic E-state index is 0.150. The zero-order chi connectivity index (χ0) is 16.2. The zero-order valence-electron chi connectivity index (χ0n) is 12.2. The molecule has 0 aliphatic heterocycles. The number of carbonyl (C=O) groups is 2. The third-order valence-corrected chi connectivity index (χ3v) is 3.54. The fourth-order valence-electron chi connectivity index (χ4n) is 1.63. The molecule has 1 atom stereocenters. The van der Waals surface area contributed by atoms with E-state index in [1.165, 1.54) is 19.1 Å². The van der Waals surface area contributed by atoms with E-state index in [4.69, 9.17) is 22.1 Å². The lowest BCUT2D eigenvalue weighted by atomic mass is 9.98. The fraction of sp³-hybridized carbons (Fsp3) is 0.429. The van der Waals surface area contributed by atoms with E-state index in [0.717, 1.165) is 0 Å². The van der Waals surface area contributed by atoms with Crippen molar-refractivity contribution in [3.05, 3.63) is 22.7 Å². The number of carbonyl (C=O) groups excluding carboxylic acids is 1. The lowest BCUT2D eigenvalue weighted by Crippen LogP contribution is -2.51. The van der Waals surface area contributed by atoms with Gasteiger partial charge in [-0.05, 0) is 26.3 Å². The summed E-state index contributed by atoms with van der Waals surface area (Å²) in [6, 6.07) is 2.82. The molecule has 6 nitrogen and oxygen atoms in total. The van der Waals surface area contributed by atoms with Gasteiger partial charge in [0.25, 0.3) is 5.91 Å². The van der Waals surface area contributed by atoms with Crippen LogP contribution in [-0.4, -0.2) is 29.1 Å². The summed E-state index contributed by atoms with van der Waals surface area (Å²) < 4.78 is 5.36. The van der Waals surface area contributed by atoms with Crippen LogP contribution in [0.2, 0.25) is 5.02 Å². The largest absolute Gasteiger partial charge is 0.493 e. The molecule has 0 radical (unpaired) electrons. The number of benzene rings is 1. The molecule has 0 spiro atoms. The first-order valence-corrected chi connectivity index (χ1v) is 6.90. The standard InChI is InChI=1S/C14H19ClN2O4/c1-4-14(3,13(19)20)17-12(18)8-6-9(15)10(16)7-11(8)21-5-2/h6-7H,4-5,16H2,1-3H3,(H,17,18)(H,19,20)/t14-/m1/s1. The quantitative estimate of drug-likeness (QED) is 0.699. The van der Waals surface area contributed by atoms with Gasteiger partial charge in [0.05, 0.1) is 22.9 Å². The Kier molecular flexibility index (Phi) is 5.43. The van der Waals surface area contributed by atoms with Gasteiger partial charge in [0.1, 0.15) is 11.3 Å². The summed E-state index contributed by atoms with van der Waals surface area (Å²) in [5, 5.41) is 11.9. The SMILES string of the molecule is CCOc1cc(N)c(Cl)cc1C(=O)N[C@](C)(CC)C(=O)O. The van der Waals surface area contributed by atoms with E-state index in [1.54, 1.807) is 13.8 Å². The van der Waals surface area contributed by atoms with Gasteiger partial charge in [-0.25, -0.2) is 4.79 Å².